The highest BCUT2D eigenvalue weighted by molar-refractivity contribution is 6.30. The molecule has 4 rings (SSSR count). The van der Waals surface area contributed by atoms with Gasteiger partial charge in [-0.1, -0.05) is 54.1 Å². The highest BCUT2D eigenvalue weighted by Gasteiger charge is 2.09. The van der Waals surface area contributed by atoms with Crippen molar-refractivity contribution in [2.24, 2.45) is 0 Å². The molecule has 0 atom stereocenters. The fourth-order valence-corrected chi connectivity index (χ4v) is 3.48. The molecule has 0 aliphatic heterocycles. The van der Waals surface area contributed by atoms with Crippen LogP contribution in [0.25, 0.3) is 22.6 Å². The van der Waals surface area contributed by atoms with Gasteiger partial charge in [-0.05, 0) is 59.0 Å². The molecule has 0 fully saturated rings. The second kappa shape index (κ2) is 8.46. The second-order valence-electron chi connectivity index (χ2n) is 7.08. The Hall–Kier alpha value is -3.17. The number of halogens is 1. The minimum absolute atomic E-state index is 0.183. The lowest BCUT2D eigenvalue weighted by Gasteiger charge is -2.09. The molecule has 3 nitrogen and oxygen atoms in total. The molecule has 0 N–H and O–H groups in total. The molecule has 0 radical (unpaired) electrons. The zero-order valence-corrected chi connectivity index (χ0v) is 16.8. The molecular weight excluding hydrogens is 382 g/mol. The summed E-state index contributed by atoms with van der Waals surface area (Å²) >= 11 is 5.90. The Morgan fingerprint density at radius 3 is 2.14 bits per heavy atom. The molecule has 1 heterocycles. The molecule has 4 heteroatoms. The van der Waals surface area contributed by atoms with Gasteiger partial charge in [0.25, 0.3) is 0 Å². The summed E-state index contributed by atoms with van der Waals surface area (Å²) in [6.45, 7) is 2.08. The van der Waals surface area contributed by atoms with Gasteiger partial charge in [0.2, 0.25) is 5.89 Å². The zero-order chi connectivity index (χ0) is 20.2. The van der Waals surface area contributed by atoms with Gasteiger partial charge in [0, 0.05) is 23.4 Å². The van der Waals surface area contributed by atoms with E-state index in [4.69, 9.17) is 16.0 Å². The van der Waals surface area contributed by atoms with Crippen LogP contribution >= 0.6 is 11.6 Å². The predicted octanol–water partition coefficient (Wildman–Crippen LogP) is 6.32. The number of nitrogens with zero attached hydrogens (tertiary/aromatic N) is 1. The van der Waals surface area contributed by atoms with Gasteiger partial charge in [-0.15, -0.1) is 0 Å². The third kappa shape index (κ3) is 4.64. The molecule has 1 aromatic heterocycles. The summed E-state index contributed by atoms with van der Waals surface area (Å²) < 4.78 is 5.41. The number of ketones is 1. The Morgan fingerprint density at radius 1 is 0.897 bits per heavy atom. The summed E-state index contributed by atoms with van der Waals surface area (Å²) in [5.74, 6) is 0.790. The van der Waals surface area contributed by atoms with E-state index in [1.807, 2.05) is 42.5 Å². The van der Waals surface area contributed by atoms with Crippen molar-refractivity contribution in [3.63, 3.8) is 0 Å². The van der Waals surface area contributed by atoms with Crippen molar-refractivity contribution >= 4 is 17.4 Å². The van der Waals surface area contributed by atoms with Gasteiger partial charge in [-0.25, -0.2) is 4.98 Å². The number of carbonyl (C=O) groups is 1. The van der Waals surface area contributed by atoms with Crippen LogP contribution in [0.4, 0.5) is 0 Å². The molecule has 3 aromatic carbocycles. The van der Waals surface area contributed by atoms with Gasteiger partial charge in [0.15, 0.2) is 0 Å². The Morgan fingerprint density at radius 2 is 1.52 bits per heavy atom. The Balaban J connectivity index is 1.48. The molecule has 0 saturated heterocycles. The lowest BCUT2D eigenvalue weighted by atomic mass is 9.96. The van der Waals surface area contributed by atoms with Gasteiger partial charge < -0.3 is 4.42 Å². The number of oxazole rings is 1. The zero-order valence-electron chi connectivity index (χ0n) is 16.1. The van der Waals surface area contributed by atoms with Crippen molar-refractivity contribution < 1.29 is 9.21 Å². The Bertz CT molecular complexity index is 1110. The Kier molecular flexibility index (Phi) is 5.59. The fourth-order valence-electron chi connectivity index (χ4n) is 3.35. The first-order valence-electron chi connectivity index (χ1n) is 9.44. The number of benzene rings is 3. The standard InChI is InChI=1S/C25H20ClNO2/c1-17-2-7-21(25-27-12-13-29-25)16-24(17)20-8-3-18(4-9-20)14-23(28)15-19-5-10-22(26)11-6-19/h2-13,16H,14-15H2,1H3. The van der Waals surface area contributed by atoms with Crippen molar-refractivity contribution in [2.75, 3.05) is 0 Å². The van der Waals surface area contributed by atoms with E-state index in [0.717, 1.165) is 27.8 Å². The van der Waals surface area contributed by atoms with Crippen molar-refractivity contribution in [1.29, 1.82) is 0 Å². The van der Waals surface area contributed by atoms with E-state index in [1.54, 1.807) is 12.5 Å². The van der Waals surface area contributed by atoms with E-state index in [-0.39, 0.29) is 5.78 Å². The monoisotopic (exact) mass is 401 g/mol. The van der Waals surface area contributed by atoms with E-state index in [1.165, 1.54) is 5.56 Å². The molecule has 0 bridgehead atoms. The summed E-state index contributed by atoms with van der Waals surface area (Å²) in [6, 6.07) is 21.7. The second-order valence-corrected chi connectivity index (χ2v) is 7.52. The first-order chi connectivity index (χ1) is 14.1. The van der Waals surface area contributed by atoms with Crippen molar-refractivity contribution in [2.45, 2.75) is 19.8 Å². The van der Waals surface area contributed by atoms with Crippen LogP contribution in [0.15, 0.2) is 83.6 Å². The Labute approximate surface area is 175 Å². The van der Waals surface area contributed by atoms with Gasteiger partial charge in [-0.2, -0.15) is 0 Å². The average Bonchev–Trinajstić information content (AvgIpc) is 3.26. The van der Waals surface area contributed by atoms with Gasteiger partial charge >= 0.3 is 0 Å². The molecule has 29 heavy (non-hydrogen) atoms. The van der Waals surface area contributed by atoms with Gasteiger partial charge in [0.05, 0.1) is 6.20 Å². The topological polar surface area (TPSA) is 43.1 Å². The van der Waals surface area contributed by atoms with Crippen LogP contribution in [0.5, 0.6) is 0 Å². The molecule has 0 unspecified atom stereocenters. The number of carbonyl (C=O) groups excluding carboxylic acids is 1. The predicted molar refractivity (Wildman–Crippen MR) is 116 cm³/mol. The van der Waals surface area contributed by atoms with E-state index < -0.39 is 0 Å². The van der Waals surface area contributed by atoms with Crippen LogP contribution in [0, 0.1) is 6.92 Å². The molecule has 144 valence electrons. The summed E-state index contributed by atoms with van der Waals surface area (Å²) in [6.07, 6.45) is 4.05. The minimum Gasteiger partial charge on any atom is -0.445 e. The van der Waals surface area contributed by atoms with E-state index in [2.05, 4.69) is 36.2 Å². The van der Waals surface area contributed by atoms with Crippen LogP contribution in [0.2, 0.25) is 5.02 Å². The largest absolute Gasteiger partial charge is 0.445 e. The van der Waals surface area contributed by atoms with E-state index in [9.17, 15) is 4.79 Å². The summed E-state index contributed by atoms with van der Waals surface area (Å²) in [5.41, 5.74) is 6.33. The molecule has 0 spiro atoms. The maximum absolute atomic E-state index is 12.4. The number of hydrogen-bond donors (Lipinski definition) is 0. The number of hydrogen-bond acceptors (Lipinski definition) is 3. The quantitative estimate of drug-likeness (QED) is 0.379. The smallest absolute Gasteiger partial charge is 0.225 e. The van der Waals surface area contributed by atoms with Crippen LogP contribution in [-0.2, 0) is 17.6 Å². The minimum atomic E-state index is 0.183. The van der Waals surface area contributed by atoms with E-state index >= 15 is 0 Å². The molecule has 0 saturated carbocycles. The third-order valence-corrected chi connectivity index (χ3v) is 5.15. The lowest BCUT2D eigenvalue weighted by molar-refractivity contribution is -0.117. The molecule has 0 aliphatic carbocycles. The number of Topliss-reactive ketones (excluding diaryl/α,β-unsaturated/α-hetero) is 1. The van der Waals surface area contributed by atoms with Crippen molar-refractivity contribution in [1.82, 2.24) is 4.98 Å². The number of aromatic nitrogens is 1. The van der Waals surface area contributed by atoms with Crippen LogP contribution in [0.1, 0.15) is 16.7 Å². The maximum atomic E-state index is 12.4. The van der Waals surface area contributed by atoms with E-state index in [0.29, 0.717) is 23.8 Å². The van der Waals surface area contributed by atoms with Crippen LogP contribution in [0.3, 0.4) is 0 Å². The van der Waals surface area contributed by atoms with Crippen LogP contribution in [-0.4, -0.2) is 10.8 Å². The number of rotatable bonds is 6. The number of aryl methyl sites for hydroxylation is 1. The summed E-state index contributed by atoms with van der Waals surface area (Å²) in [7, 11) is 0. The molecule has 0 amide bonds. The SMILES string of the molecule is Cc1ccc(-c2ncco2)cc1-c1ccc(CC(=O)Cc2ccc(Cl)cc2)cc1. The first kappa shape index (κ1) is 19.2. The molecular formula is C25H20ClNO2. The first-order valence-corrected chi connectivity index (χ1v) is 9.82. The average molecular weight is 402 g/mol. The van der Waals surface area contributed by atoms with Gasteiger partial charge in [-0.3, -0.25) is 4.79 Å². The van der Waals surface area contributed by atoms with Crippen molar-refractivity contribution in [3.8, 4) is 22.6 Å². The molecule has 0 aliphatic rings. The normalized spacial score (nSPS) is 10.8. The third-order valence-electron chi connectivity index (χ3n) is 4.90. The lowest BCUT2D eigenvalue weighted by Crippen LogP contribution is -2.06. The van der Waals surface area contributed by atoms with Crippen molar-refractivity contribution in [3.05, 3.63) is 101 Å². The van der Waals surface area contributed by atoms with Crippen LogP contribution < -0.4 is 0 Å². The maximum Gasteiger partial charge on any atom is 0.225 e. The molecule has 4 aromatic rings. The summed E-state index contributed by atoms with van der Waals surface area (Å²) in [4.78, 5) is 16.6. The van der Waals surface area contributed by atoms with Gasteiger partial charge in [0.1, 0.15) is 12.0 Å². The highest BCUT2D eigenvalue weighted by atomic mass is 35.5. The highest BCUT2D eigenvalue weighted by Crippen LogP contribution is 2.29. The fraction of sp³-hybridized carbons (Fsp3) is 0.120. The summed E-state index contributed by atoms with van der Waals surface area (Å²) in [5, 5.41) is 0.680.